The molecule has 1 aliphatic heterocycles. The number of hydrogen-bond acceptors (Lipinski definition) is 4. The standard InChI is InChI=1S/C18H30N2O2/c1-13-8-14(2)12-20(11-13)7-5-6-15-9-16(19)10-17(21-3)18(15)22-4/h9-10,13-14H,5-8,11-12,19H2,1-4H3. The van der Waals surface area contributed by atoms with Crippen molar-refractivity contribution in [3.05, 3.63) is 17.7 Å². The lowest BCUT2D eigenvalue weighted by Gasteiger charge is -2.35. The van der Waals surface area contributed by atoms with Crippen molar-refractivity contribution in [2.75, 3.05) is 39.6 Å². The molecular formula is C18H30N2O2. The van der Waals surface area contributed by atoms with Gasteiger partial charge in [-0.1, -0.05) is 13.8 Å². The fourth-order valence-electron chi connectivity index (χ4n) is 3.72. The van der Waals surface area contributed by atoms with E-state index < -0.39 is 0 Å². The van der Waals surface area contributed by atoms with Crippen molar-refractivity contribution in [3.63, 3.8) is 0 Å². The minimum atomic E-state index is 0.720. The zero-order valence-corrected chi connectivity index (χ0v) is 14.4. The molecule has 0 aliphatic carbocycles. The van der Waals surface area contributed by atoms with E-state index in [1.165, 1.54) is 19.5 Å². The van der Waals surface area contributed by atoms with Crippen molar-refractivity contribution in [3.8, 4) is 11.5 Å². The summed E-state index contributed by atoms with van der Waals surface area (Å²) in [7, 11) is 3.34. The van der Waals surface area contributed by atoms with Crippen LogP contribution < -0.4 is 15.2 Å². The summed E-state index contributed by atoms with van der Waals surface area (Å²) in [5.41, 5.74) is 7.83. The summed E-state index contributed by atoms with van der Waals surface area (Å²) >= 11 is 0. The highest BCUT2D eigenvalue weighted by Crippen LogP contribution is 2.34. The zero-order chi connectivity index (χ0) is 16.1. The highest BCUT2D eigenvalue weighted by molar-refractivity contribution is 5.57. The van der Waals surface area contributed by atoms with Crippen LogP contribution in [-0.4, -0.2) is 38.8 Å². The van der Waals surface area contributed by atoms with Gasteiger partial charge >= 0.3 is 0 Å². The molecule has 0 spiro atoms. The predicted octanol–water partition coefficient (Wildman–Crippen LogP) is 3.20. The van der Waals surface area contributed by atoms with Gasteiger partial charge in [-0.15, -0.1) is 0 Å². The number of rotatable bonds is 6. The number of piperidine rings is 1. The van der Waals surface area contributed by atoms with E-state index in [1.54, 1.807) is 14.2 Å². The Hall–Kier alpha value is -1.42. The summed E-state index contributed by atoms with van der Waals surface area (Å²) in [6, 6.07) is 3.82. The molecule has 1 heterocycles. The Labute approximate surface area is 134 Å². The average Bonchev–Trinajstić information content (AvgIpc) is 2.45. The van der Waals surface area contributed by atoms with Gasteiger partial charge in [-0.25, -0.2) is 0 Å². The molecule has 1 fully saturated rings. The molecule has 2 unspecified atom stereocenters. The van der Waals surface area contributed by atoms with Gasteiger partial charge in [0.1, 0.15) is 0 Å². The maximum Gasteiger partial charge on any atom is 0.164 e. The van der Waals surface area contributed by atoms with Gasteiger partial charge < -0.3 is 20.1 Å². The molecule has 0 aromatic heterocycles. The summed E-state index contributed by atoms with van der Waals surface area (Å²) in [4.78, 5) is 2.59. The summed E-state index contributed by atoms with van der Waals surface area (Å²) in [5.74, 6) is 3.16. The van der Waals surface area contributed by atoms with Crippen molar-refractivity contribution < 1.29 is 9.47 Å². The topological polar surface area (TPSA) is 47.7 Å². The molecule has 2 rings (SSSR count). The summed E-state index contributed by atoms with van der Waals surface area (Å²) < 4.78 is 10.9. The third kappa shape index (κ3) is 4.29. The summed E-state index contributed by atoms with van der Waals surface area (Å²) in [6.07, 6.45) is 3.43. The molecular weight excluding hydrogens is 276 g/mol. The first-order chi connectivity index (χ1) is 10.5. The Bertz CT molecular complexity index is 480. The Morgan fingerprint density at radius 1 is 1.14 bits per heavy atom. The second-order valence-electron chi connectivity index (χ2n) is 6.72. The number of anilines is 1. The second kappa shape index (κ2) is 7.73. The van der Waals surface area contributed by atoms with Gasteiger partial charge in [0, 0.05) is 30.4 Å². The molecule has 1 aliphatic rings. The van der Waals surface area contributed by atoms with E-state index in [9.17, 15) is 0 Å². The molecule has 4 nitrogen and oxygen atoms in total. The molecule has 0 radical (unpaired) electrons. The molecule has 0 bridgehead atoms. The van der Waals surface area contributed by atoms with Crippen LogP contribution in [0.2, 0.25) is 0 Å². The van der Waals surface area contributed by atoms with Crippen LogP contribution in [0.25, 0.3) is 0 Å². The average molecular weight is 306 g/mol. The third-order valence-electron chi connectivity index (χ3n) is 4.44. The first-order valence-electron chi connectivity index (χ1n) is 8.26. The minimum absolute atomic E-state index is 0.720. The number of hydrogen-bond donors (Lipinski definition) is 1. The number of likely N-dealkylation sites (tertiary alicyclic amines) is 1. The van der Waals surface area contributed by atoms with Crippen molar-refractivity contribution in [2.45, 2.75) is 33.1 Å². The zero-order valence-electron chi connectivity index (χ0n) is 14.4. The fourth-order valence-corrected chi connectivity index (χ4v) is 3.72. The van der Waals surface area contributed by atoms with Gasteiger partial charge in [-0.3, -0.25) is 0 Å². The number of ether oxygens (including phenoxy) is 2. The van der Waals surface area contributed by atoms with Gasteiger partial charge in [-0.05, 0) is 43.7 Å². The maximum absolute atomic E-state index is 5.96. The van der Waals surface area contributed by atoms with Crippen LogP contribution in [0.3, 0.4) is 0 Å². The third-order valence-corrected chi connectivity index (χ3v) is 4.44. The van der Waals surface area contributed by atoms with Crippen molar-refractivity contribution in [1.29, 1.82) is 0 Å². The fraction of sp³-hybridized carbons (Fsp3) is 0.667. The number of methoxy groups -OCH3 is 2. The van der Waals surface area contributed by atoms with Crippen LogP contribution in [0.4, 0.5) is 5.69 Å². The normalized spacial score (nSPS) is 22.5. The number of benzene rings is 1. The van der Waals surface area contributed by atoms with Crippen LogP contribution >= 0.6 is 0 Å². The number of nitrogens with zero attached hydrogens (tertiary/aromatic N) is 1. The molecule has 124 valence electrons. The van der Waals surface area contributed by atoms with E-state index in [0.717, 1.165) is 54.0 Å². The van der Waals surface area contributed by atoms with Crippen LogP contribution in [0, 0.1) is 11.8 Å². The van der Waals surface area contributed by atoms with E-state index in [2.05, 4.69) is 18.7 Å². The number of aryl methyl sites for hydroxylation is 1. The van der Waals surface area contributed by atoms with Gasteiger partial charge in [0.25, 0.3) is 0 Å². The molecule has 1 aromatic rings. The highest BCUT2D eigenvalue weighted by atomic mass is 16.5. The minimum Gasteiger partial charge on any atom is -0.493 e. The first kappa shape index (κ1) is 16.9. The maximum atomic E-state index is 5.96. The molecule has 2 N–H and O–H groups in total. The lowest BCUT2D eigenvalue weighted by Crippen LogP contribution is -2.39. The molecule has 1 aromatic carbocycles. The molecule has 4 heteroatoms. The first-order valence-corrected chi connectivity index (χ1v) is 8.26. The molecule has 2 atom stereocenters. The van der Waals surface area contributed by atoms with Crippen molar-refractivity contribution in [2.24, 2.45) is 11.8 Å². The van der Waals surface area contributed by atoms with Crippen molar-refractivity contribution >= 4 is 5.69 Å². The molecule has 1 saturated heterocycles. The second-order valence-corrected chi connectivity index (χ2v) is 6.72. The van der Waals surface area contributed by atoms with Crippen molar-refractivity contribution in [1.82, 2.24) is 4.90 Å². The van der Waals surface area contributed by atoms with Crippen LogP contribution in [-0.2, 0) is 6.42 Å². The molecule has 0 amide bonds. The summed E-state index contributed by atoms with van der Waals surface area (Å²) in [5, 5.41) is 0. The monoisotopic (exact) mass is 306 g/mol. The van der Waals surface area contributed by atoms with E-state index in [4.69, 9.17) is 15.2 Å². The Balaban J connectivity index is 1.95. The predicted molar refractivity (Wildman–Crippen MR) is 91.7 cm³/mol. The lowest BCUT2D eigenvalue weighted by molar-refractivity contribution is 0.140. The Morgan fingerprint density at radius 2 is 1.82 bits per heavy atom. The Kier molecular flexibility index (Phi) is 5.95. The largest absolute Gasteiger partial charge is 0.493 e. The SMILES string of the molecule is COc1cc(N)cc(CCCN2CC(C)CC(C)C2)c1OC. The smallest absolute Gasteiger partial charge is 0.164 e. The van der Waals surface area contributed by atoms with Crippen LogP contribution in [0.5, 0.6) is 11.5 Å². The summed E-state index contributed by atoms with van der Waals surface area (Å²) in [6.45, 7) is 8.29. The highest BCUT2D eigenvalue weighted by Gasteiger charge is 2.21. The van der Waals surface area contributed by atoms with E-state index in [0.29, 0.717) is 0 Å². The number of nitrogen functional groups attached to an aromatic ring is 1. The van der Waals surface area contributed by atoms with Gasteiger partial charge in [0.2, 0.25) is 0 Å². The van der Waals surface area contributed by atoms with E-state index in [-0.39, 0.29) is 0 Å². The van der Waals surface area contributed by atoms with Gasteiger partial charge in [0.15, 0.2) is 11.5 Å². The molecule has 22 heavy (non-hydrogen) atoms. The van der Waals surface area contributed by atoms with Gasteiger partial charge in [0.05, 0.1) is 14.2 Å². The van der Waals surface area contributed by atoms with E-state index in [1.807, 2.05) is 12.1 Å². The van der Waals surface area contributed by atoms with E-state index >= 15 is 0 Å². The molecule has 0 saturated carbocycles. The van der Waals surface area contributed by atoms with Gasteiger partial charge in [-0.2, -0.15) is 0 Å². The number of nitrogens with two attached hydrogens (primary N) is 1. The Morgan fingerprint density at radius 3 is 2.41 bits per heavy atom. The quantitative estimate of drug-likeness (QED) is 0.820. The van der Waals surface area contributed by atoms with Crippen LogP contribution in [0.15, 0.2) is 12.1 Å². The lowest BCUT2D eigenvalue weighted by atomic mass is 9.91. The van der Waals surface area contributed by atoms with Crippen LogP contribution in [0.1, 0.15) is 32.3 Å².